The topological polar surface area (TPSA) is 20.2 Å². The molecule has 0 radical (unpaired) electrons. The molecule has 2 heteroatoms. The molecule has 1 aromatic carbocycles. The second-order valence-corrected chi connectivity index (χ2v) is 4.47. The lowest BCUT2D eigenvalue weighted by molar-refractivity contribution is 0.163. The highest BCUT2D eigenvalue weighted by molar-refractivity contribution is 6.31. The third kappa shape index (κ3) is 1.67. The van der Waals surface area contributed by atoms with E-state index < -0.39 is 0 Å². The van der Waals surface area contributed by atoms with E-state index >= 15 is 0 Å². The maximum absolute atomic E-state index is 9.81. The molecular weight excluding hydrogens is 196 g/mol. The van der Waals surface area contributed by atoms with Crippen molar-refractivity contribution in [2.45, 2.75) is 38.2 Å². The van der Waals surface area contributed by atoms with Crippen molar-refractivity contribution < 1.29 is 5.11 Å². The fraction of sp³-hybridized carbons (Fsp3) is 0.500. The average molecular weight is 211 g/mol. The highest BCUT2D eigenvalue weighted by atomic mass is 35.5. The van der Waals surface area contributed by atoms with Gasteiger partial charge in [0.25, 0.3) is 0 Å². The van der Waals surface area contributed by atoms with Crippen LogP contribution in [0.3, 0.4) is 0 Å². The van der Waals surface area contributed by atoms with E-state index in [9.17, 15) is 5.11 Å². The number of halogens is 1. The zero-order valence-electron chi connectivity index (χ0n) is 8.33. The largest absolute Gasteiger partial charge is 0.392 e. The number of aliphatic hydroxyl groups excluding tert-OH is 1. The first-order valence-corrected chi connectivity index (χ1v) is 5.51. The summed E-state index contributed by atoms with van der Waals surface area (Å²) in [5.41, 5.74) is 2.35. The van der Waals surface area contributed by atoms with Crippen LogP contribution in [0.5, 0.6) is 0 Å². The molecule has 0 amide bonds. The van der Waals surface area contributed by atoms with Crippen LogP contribution in [0, 0.1) is 6.92 Å². The summed E-state index contributed by atoms with van der Waals surface area (Å²) in [6.07, 6.45) is 2.96. The lowest BCUT2D eigenvalue weighted by atomic mass is 9.92. The summed E-state index contributed by atoms with van der Waals surface area (Å²) in [6.45, 7) is 2.03. The molecule has 1 nitrogen and oxygen atoms in total. The monoisotopic (exact) mass is 210 g/mol. The Kier molecular flexibility index (Phi) is 2.80. The van der Waals surface area contributed by atoms with Gasteiger partial charge in [-0.25, -0.2) is 0 Å². The van der Waals surface area contributed by atoms with Gasteiger partial charge in [-0.15, -0.1) is 0 Å². The molecule has 1 aliphatic rings. The van der Waals surface area contributed by atoms with Gasteiger partial charge < -0.3 is 5.11 Å². The van der Waals surface area contributed by atoms with Crippen LogP contribution in [0.15, 0.2) is 18.2 Å². The van der Waals surface area contributed by atoms with Crippen molar-refractivity contribution in [1.29, 1.82) is 0 Å². The molecule has 0 aromatic heterocycles. The van der Waals surface area contributed by atoms with Crippen LogP contribution in [0.1, 0.15) is 36.3 Å². The average Bonchev–Trinajstić information content (AvgIpc) is 2.57. The van der Waals surface area contributed by atoms with E-state index in [0.29, 0.717) is 5.92 Å². The molecule has 1 aliphatic carbocycles. The van der Waals surface area contributed by atoms with Crippen molar-refractivity contribution >= 4 is 11.6 Å². The van der Waals surface area contributed by atoms with Gasteiger partial charge in [0.05, 0.1) is 6.10 Å². The van der Waals surface area contributed by atoms with Crippen molar-refractivity contribution in [3.05, 3.63) is 34.3 Å². The summed E-state index contributed by atoms with van der Waals surface area (Å²) in [5.74, 6) is 0.300. The highest BCUT2D eigenvalue weighted by Crippen LogP contribution is 2.37. The van der Waals surface area contributed by atoms with E-state index in [1.807, 2.05) is 19.1 Å². The van der Waals surface area contributed by atoms with E-state index in [-0.39, 0.29) is 6.10 Å². The molecule has 1 N–H and O–H groups in total. The Bertz CT molecular complexity index is 335. The van der Waals surface area contributed by atoms with Crippen molar-refractivity contribution in [2.75, 3.05) is 0 Å². The minimum absolute atomic E-state index is 0.174. The van der Waals surface area contributed by atoms with E-state index in [1.165, 1.54) is 5.56 Å². The summed E-state index contributed by atoms with van der Waals surface area (Å²) in [6, 6.07) is 5.96. The van der Waals surface area contributed by atoms with Crippen molar-refractivity contribution in [3.63, 3.8) is 0 Å². The molecule has 76 valence electrons. The van der Waals surface area contributed by atoms with Crippen LogP contribution in [0.25, 0.3) is 0 Å². The molecule has 2 unspecified atom stereocenters. The first kappa shape index (κ1) is 10.0. The number of hydrogen-bond donors (Lipinski definition) is 1. The van der Waals surface area contributed by atoms with Crippen molar-refractivity contribution in [3.8, 4) is 0 Å². The smallest absolute Gasteiger partial charge is 0.0608 e. The summed E-state index contributed by atoms with van der Waals surface area (Å²) < 4.78 is 0. The fourth-order valence-corrected chi connectivity index (χ4v) is 2.51. The van der Waals surface area contributed by atoms with Gasteiger partial charge in [0.1, 0.15) is 0 Å². The van der Waals surface area contributed by atoms with Crippen molar-refractivity contribution in [1.82, 2.24) is 0 Å². The summed E-state index contributed by atoms with van der Waals surface area (Å²) in [7, 11) is 0. The lowest BCUT2D eigenvalue weighted by Gasteiger charge is -2.17. The number of rotatable bonds is 1. The van der Waals surface area contributed by atoms with Crippen LogP contribution < -0.4 is 0 Å². The molecule has 1 aromatic rings. The molecule has 0 bridgehead atoms. The zero-order chi connectivity index (χ0) is 10.1. The predicted molar refractivity (Wildman–Crippen MR) is 58.8 cm³/mol. The van der Waals surface area contributed by atoms with Crippen LogP contribution in [-0.4, -0.2) is 11.2 Å². The first-order chi connectivity index (χ1) is 6.70. The number of benzene rings is 1. The molecule has 1 saturated carbocycles. The number of hydrogen-bond acceptors (Lipinski definition) is 1. The quantitative estimate of drug-likeness (QED) is 0.755. The zero-order valence-corrected chi connectivity index (χ0v) is 9.09. The van der Waals surface area contributed by atoms with Gasteiger partial charge in [-0.05, 0) is 37.0 Å². The van der Waals surface area contributed by atoms with E-state index in [1.54, 1.807) is 0 Å². The fourth-order valence-electron chi connectivity index (χ4n) is 2.33. The minimum atomic E-state index is -0.174. The standard InChI is InChI=1S/C12H15ClO/c1-8-9(4-2-6-11(8)13)10-5-3-7-12(10)14/h2,4,6,10,12,14H,3,5,7H2,1H3. The Morgan fingerprint density at radius 3 is 2.79 bits per heavy atom. The van der Waals surface area contributed by atoms with Gasteiger partial charge >= 0.3 is 0 Å². The van der Waals surface area contributed by atoms with Gasteiger partial charge in [0, 0.05) is 10.9 Å². The van der Waals surface area contributed by atoms with E-state index in [0.717, 1.165) is 29.8 Å². The van der Waals surface area contributed by atoms with Gasteiger partial charge in [-0.1, -0.05) is 30.2 Å². The molecule has 0 saturated heterocycles. The normalized spacial score (nSPS) is 26.8. The maximum atomic E-state index is 9.81. The molecule has 2 rings (SSSR count). The molecule has 14 heavy (non-hydrogen) atoms. The van der Waals surface area contributed by atoms with Gasteiger partial charge in [-0.2, -0.15) is 0 Å². The Hall–Kier alpha value is -0.530. The Morgan fingerprint density at radius 1 is 1.36 bits per heavy atom. The maximum Gasteiger partial charge on any atom is 0.0608 e. The third-order valence-electron chi connectivity index (χ3n) is 3.19. The summed E-state index contributed by atoms with van der Waals surface area (Å²) >= 11 is 6.06. The third-order valence-corrected chi connectivity index (χ3v) is 3.60. The van der Waals surface area contributed by atoms with Gasteiger partial charge in [-0.3, -0.25) is 0 Å². The lowest BCUT2D eigenvalue weighted by Crippen LogP contribution is -2.12. The molecule has 0 heterocycles. The molecular formula is C12H15ClO. The Balaban J connectivity index is 2.36. The van der Waals surface area contributed by atoms with Crippen LogP contribution >= 0.6 is 11.6 Å². The van der Waals surface area contributed by atoms with Gasteiger partial charge in [0.15, 0.2) is 0 Å². The second kappa shape index (κ2) is 3.92. The van der Waals surface area contributed by atoms with Gasteiger partial charge in [0.2, 0.25) is 0 Å². The SMILES string of the molecule is Cc1c(Cl)cccc1C1CCCC1O. The summed E-state index contributed by atoms with van der Waals surface area (Å²) in [4.78, 5) is 0. The Morgan fingerprint density at radius 2 is 2.14 bits per heavy atom. The predicted octanol–water partition coefficient (Wildman–Crippen LogP) is 3.28. The van der Waals surface area contributed by atoms with Crippen molar-refractivity contribution in [2.24, 2.45) is 0 Å². The van der Waals surface area contributed by atoms with Crippen LogP contribution in [-0.2, 0) is 0 Å². The Labute approximate surface area is 89.7 Å². The molecule has 0 aliphatic heterocycles. The van der Waals surface area contributed by atoms with E-state index in [4.69, 9.17) is 11.6 Å². The van der Waals surface area contributed by atoms with Crippen LogP contribution in [0.4, 0.5) is 0 Å². The second-order valence-electron chi connectivity index (χ2n) is 4.06. The molecule has 1 fully saturated rings. The van der Waals surface area contributed by atoms with Crippen LogP contribution in [0.2, 0.25) is 5.02 Å². The molecule has 0 spiro atoms. The molecule has 2 atom stereocenters. The highest BCUT2D eigenvalue weighted by Gasteiger charge is 2.27. The number of aliphatic hydroxyl groups is 1. The minimum Gasteiger partial charge on any atom is -0.392 e. The first-order valence-electron chi connectivity index (χ1n) is 5.13. The summed E-state index contributed by atoms with van der Waals surface area (Å²) in [5, 5.41) is 10.6. The van der Waals surface area contributed by atoms with E-state index in [2.05, 4.69) is 6.07 Å².